The maximum absolute atomic E-state index is 13.0. The lowest BCUT2D eigenvalue weighted by Gasteiger charge is -2.16. The van der Waals surface area contributed by atoms with Gasteiger partial charge in [-0.3, -0.25) is 9.59 Å². The van der Waals surface area contributed by atoms with Crippen molar-refractivity contribution < 1.29 is 32.2 Å². The van der Waals surface area contributed by atoms with Gasteiger partial charge in [-0.15, -0.1) is 0 Å². The number of carbonyl (C=O) groups excluding carboxylic acids is 2. The number of nitrogens with one attached hydrogen (secondary N) is 1. The van der Waals surface area contributed by atoms with Crippen LogP contribution in [-0.2, 0) is 20.5 Å². The highest BCUT2D eigenvalue weighted by molar-refractivity contribution is 5.95. The van der Waals surface area contributed by atoms with Crippen LogP contribution in [0.3, 0.4) is 0 Å². The quantitative estimate of drug-likeness (QED) is 0.505. The van der Waals surface area contributed by atoms with Crippen molar-refractivity contribution >= 4 is 17.6 Å². The molecule has 0 radical (unpaired) electrons. The second-order valence-electron chi connectivity index (χ2n) is 6.43. The van der Waals surface area contributed by atoms with Crippen molar-refractivity contribution in [2.24, 2.45) is 0 Å². The fourth-order valence-corrected chi connectivity index (χ4v) is 2.49. The molecule has 0 aliphatic heterocycles. The summed E-state index contributed by atoms with van der Waals surface area (Å²) in [4.78, 5) is 24.0. The average molecular weight is 409 g/mol. The average Bonchev–Trinajstić information content (AvgIpc) is 2.65. The Kier molecular flexibility index (Phi) is 7.64. The number of para-hydroxylation sites is 1. The van der Waals surface area contributed by atoms with E-state index in [-0.39, 0.29) is 18.7 Å². The number of anilines is 1. The van der Waals surface area contributed by atoms with Crippen LogP contribution in [0.1, 0.15) is 30.9 Å². The molecule has 0 heterocycles. The minimum absolute atomic E-state index is 0.0164. The maximum atomic E-state index is 13.0. The van der Waals surface area contributed by atoms with E-state index in [2.05, 4.69) is 5.32 Å². The van der Waals surface area contributed by atoms with Crippen molar-refractivity contribution in [2.45, 2.75) is 39.0 Å². The molecule has 2 rings (SSSR count). The van der Waals surface area contributed by atoms with E-state index in [0.29, 0.717) is 12.2 Å². The molecular formula is C21H22F3NO4. The lowest BCUT2D eigenvalue weighted by molar-refractivity contribution is -0.153. The van der Waals surface area contributed by atoms with E-state index >= 15 is 0 Å². The molecule has 1 N–H and O–H groups in total. The van der Waals surface area contributed by atoms with Crippen LogP contribution in [0.2, 0.25) is 0 Å². The molecule has 0 spiro atoms. The summed E-state index contributed by atoms with van der Waals surface area (Å²) < 4.78 is 49.5. The van der Waals surface area contributed by atoms with E-state index in [4.69, 9.17) is 9.47 Å². The number of hydrogen-bond donors (Lipinski definition) is 1. The lowest BCUT2D eigenvalue weighted by atomic mass is 10.1. The number of ether oxygens (including phenoxy) is 2. The standard InChI is InChI=1S/C21H22F3NO4/c1-14-7-5-8-16(13-14)28-12-6-11-19(26)29-15(2)20(27)25-18-10-4-3-9-17(18)21(22,23)24/h3-5,7-10,13,15H,6,11-12H2,1-2H3,(H,25,27). The predicted octanol–water partition coefficient (Wildman–Crippen LogP) is 4.74. The minimum Gasteiger partial charge on any atom is -0.494 e. The van der Waals surface area contributed by atoms with E-state index < -0.39 is 29.7 Å². The molecule has 156 valence electrons. The third kappa shape index (κ3) is 7.14. The Labute approximate surface area is 166 Å². The molecule has 0 saturated heterocycles. The summed E-state index contributed by atoms with van der Waals surface area (Å²) in [6.45, 7) is 3.52. The molecule has 8 heteroatoms. The van der Waals surface area contributed by atoms with Gasteiger partial charge >= 0.3 is 12.1 Å². The molecule has 2 aromatic rings. The third-order valence-electron chi connectivity index (χ3n) is 3.95. The van der Waals surface area contributed by atoms with E-state index in [1.807, 2.05) is 25.1 Å². The number of alkyl halides is 3. The van der Waals surface area contributed by atoms with Crippen molar-refractivity contribution in [1.82, 2.24) is 0 Å². The minimum atomic E-state index is -4.61. The summed E-state index contributed by atoms with van der Waals surface area (Å²) in [6.07, 6.45) is -5.46. The van der Waals surface area contributed by atoms with Crippen LogP contribution in [0.4, 0.5) is 18.9 Å². The fourth-order valence-electron chi connectivity index (χ4n) is 2.49. The zero-order chi connectivity index (χ0) is 21.4. The molecule has 2 aromatic carbocycles. The third-order valence-corrected chi connectivity index (χ3v) is 3.95. The van der Waals surface area contributed by atoms with Crippen molar-refractivity contribution in [3.8, 4) is 5.75 Å². The topological polar surface area (TPSA) is 64.6 Å². The first-order valence-electron chi connectivity index (χ1n) is 9.03. The normalized spacial score (nSPS) is 12.2. The van der Waals surface area contributed by atoms with Crippen LogP contribution in [0, 0.1) is 6.92 Å². The van der Waals surface area contributed by atoms with Crippen molar-refractivity contribution in [2.75, 3.05) is 11.9 Å². The van der Waals surface area contributed by atoms with Crippen LogP contribution < -0.4 is 10.1 Å². The number of carbonyl (C=O) groups is 2. The van der Waals surface area contributed by atoms with Gasteiger partial charge in [-0.2, -0.15) is 13.2 Å². The van der Waals surface area contributed by atoms with Crippen molar-refractivity contribution in [3.63, 3.8) is 0 Å². The zero-order valence-electron chi connectivity index (χ0n) is 16.1. The molecular weight excluding hydrogens is 387 g/mol. The number of amides is 1. The Morgan fingerprint density at radius 2 is 1.83 bits per heavy atom. The van der Waals surface area contributed by atoms with Crippen LogP contribution in [0.25, 0.3) is 0 Å². The highest BCUT2D eigenvalue weighted by Crippen LogP contribution is 2.34. The molecule has 0 aliphatic carbocycles. The molecule has 0 bridgehead atoms. The number of hydrogen-bond acceptors (Lipinski definition) is 4. The Hall–Kier alpha value is -3.03. The summed E-state index contributed by atoms with van der Waals surface area (Å²) in [5.41, 5.74) is -0.312. The van der Waals surface area contributed by atoms with Gasteiger partial charge in [0, 0.05) is 6.42 Å². The largest absolute Gasteiger partial charge is 0.494 e. The van der Waals surface area contributed by atoms with Crippen LogP contribution in [-0.4, -0.2) is 24.6 Å². The van der Waals surface area contributed by atoms with Gasteiger partial charge in [-0.05, 0) is 50.1 Å². The zero-order valence-corrected chi connectivity index (χ0v) is 16.1. The summed E-state index contributed by atoms with van der Waals surface area (Å²) >= 11 is 0. The number of esters is 1. The van der Waals surface area contributed by atoms with Gasteiger partial charge in [0.25, 0.3) is 5.91 Å². The highest BCUT2D eigenvalue weighted by Gasteiger charge is 2.34. The van der Waals surface area contributed by atoms with Crippen LogP contribution >= 0.6 is 0 Å². The Morgan fingerprint density at radius 1 is 1.10 bits per heavy atom. The Morgan fingerprint density at radius 3 is 2.52 bits per heavy atom. The van der Waals surface area contributed by atoms with Gasteiger partial charge in [0.15, 0.2) is 6.10 Å². The van der Waals surface area contributed by atoms with Gasteiger partial charge in [0.05, 0.1) is 17.9 Å². The number of benzene rings is 2. The first-order chi connectivity index (χ1) is 13.7. The summed E-state index contributed by atoms with van der Waals surface area (Å²) in [5, 5.41) is 2.16. The second-order valence-corrected chi connectivity index (χ2v) is 6.43. The molecule has 0 fully saturated rings. The molecule has 0 aromatic heterocycles. The highest BCUT2D eigenvalue weighted by atomic mass is 19.4. The van der Waals surface area contributed by atoms with E-state index in [1.165, 1.54) is 19.1 Å². The van der Waals surface area contributed by atoms with Gasteiger partial charge in [-0.1, -0.05) is 24.3 Å². The Bertz CT molecular complexity index is 852. The summed E-state index contributed by atoms with van der Waals surface area (Å²) in [5.74, 6) is -0.787. The van der Waals surface area contributed by atoms with Crippen LogP contribution in [0.5, 0.6) is 5.75 Å². The fraction of sp³-hybridized carbons (Fsp3) is 0.333. The summed E-state index contributed by atoms with van der Waals surface area (Å²) in [6, 6.07) is 12.1. The molecule has 1 amide bonds. The smallest absolute Gasteiger partial charge is 0.418 e. The van der Waals surface area contributed by atoms with E-state index in [1.54, 1.807) is 6.07 Å². The van der Waals surface area contributed by atoms with Gasteiger partial charge in [-0.25, -0.2) is 0 Å². The lowest BCUT2D eigenvalue weighted by Crippen LogP contribution is -2.30. The monoisotopic (exact) mass is 409 g/mol. The van der Waals surface area contributed by atoms with E-state index in [9.17, 15) is 22.8 Å². The van der Waals surface area contributed by atoms with Crippen molar-refractivity contribution in [3.05, 3.63) is 59.7 Å². The Balaban J connectivity index is 1.78. The van der Waals surface area contributed by atoms with Gasteiger partial charge in [0.2, 0.25) is 0 Å². The molecule has 1 atom stereocenters. The molecule has 5 nitrogen and oxygen atoms in total. The number of halogens is 3. The van der Waals surface area contributed by atoms with Gasteiger partial charge in [0.1, 0.15) is 5.75 Å². The van der Waals surface area contributed by atoms with Gasteiger partial charge < -0.3 is 14.8 Å². The first-order valence-corrected chi connectivity index (χ1v) is 9.03. The molecule has 1 unspecified atom stereocenters. The predicted molar refractivity (Wildman–Crippen MR) is 102 cm³/mol. The second kappa shape index (κ2) is 9.95. The summed E-state index contributed by atoms with van der Waals surface area (Å²) in [7, 11) is 0. The SMILES string of the molecule is Cc1cccc(OCCCC(=O)OC(C)C(=O)Nc2ccccc2C(F)(F)F)c1. The van der Waals surface area contributed by atoms with Crippen LogP contribution in [0.15, 0.2) is 48.5 Å². The maximum Gasteiger partial charge on any atom is 0.418 e. The molecule has 0 saturated carbocycles. The van der Waals surface area contributed by atoms with Crippen molar-refractivity contribution in [1.29, 1.82) is 0 Å². The molecule has 0 aliphatic rings. The first kappa shape index (κ1) is 22.3. The number of rotatable bonds is 8. The number of aryl methyl sites for hydroxylation is 1. The van der Waals surface area contributed by atoms with E-state index in [0.717, 1.165) is 17.7 Å². The molecule has 29 heavy (non-hydrogen) atoms.